The Kier molecular flexibility index (Phi) is 2.60. The van der Waals surface area contributed by atoms with E-state index in [1.54, 1.807) is 0 Å². The molecule has 100 valence electrons. The van der Waals surface area contributed by atoms with Crippen molar-refractivity contribution in [2.45, 2.75) is 50.0 Å². The third-order valence-corrected chi connectivity index (χ3v) is 5.80. The Bertz CT molecular complexity index is 518. The van der Waals surface area contributed by atoms with Crippen LogP contribution in [0.1, 0.15) is 55.6 Å². The van der Waals surface area contributed by atoms with Gasteiger partial charge in [0.2, 0.25) is 0 Å². The second-order valence-corrected chi connectivity index (χ2v) is 6.63. The van der Waals surface area contributed by atoms with Crippen molar-refractivity contribution < 1.29 is 5.11 Å². The molecule has 2 fully saturated rings. The van der Waals surface area contributed by atoms with Gasteiger partial charge in [0, 0.05) is 5.92 Å². The van der Waals surface area contributed by atoms with Crippen molar-refractivity contribution in [2.24, 2.45) is 11.8 Å². The molecule has 3 aliphatic rings. The minimum atomic E-state index is -0.425. The SMILES string of the molecule is O[C@]12CCCC[C@H]1CC[C@H]1c3ccccc3C=C[C@H]12. The lowest BCUT2D eigenvalue weighted by Crippen LogP contribution is -2.52. The molecule has 3 aliphatic carbocycles. The summed E-state index contributed by atoms with van der Waals surface area (Å²) in [5.41, 5.74) is 2.40. The Morgan fingerprint density at radius 2 is 1.95 bits per heavy atom. The molecule has 2 saturated carbocycles. The molecule has 1 N–H and O–H groups in total. The maximum absolute atomic E-state index is 11.3. The fourth-order valence-corrected chi connectivity index (χ4v) is 4.85. The largest absolute Gasteiger partial charge is 0.389 e. The van der Waals surface area contributed by atoms with Crippen molar-refractivity contribution in [1.29, 1.82) is 0 Å². The van der Waals surface area contributed by atoms with E-state index in [0.717, 1.165) is 6.42 Å². The number of hydrogen-bond acceptors (Lipinski definition) is 1. The zero-order chi connectivity index (χ0) is 12.9. The van der Waals surface area contributed by atoms with Gasteiger partial charge in [-0.05, 0) is 48.6 Å². The second-order valence-electron chi connectivity index (χ2n) is 6.63. The summed E-state index contributed by atoms with van der Waals surface area (Å²) in [6.45, 7) is 0. The fourth-order valence-electron chi connectivity index (χ4n) is 4.85. The Morgan fingerprint density at radius 1 is 1.05 bits per heavy atom. The molecule has 0 unspecified atom stereocenters. The quantitative estimate of drug-likeness (QED) is 0.738. The van der Waals surface area contributed by atoms with Crippen LogP contribution in [0.2, 0.25) is 0 Å². The van der Waals surface area contributed by atoms with Crippen LogP contribution in [-0.4, -0.2) is 10.7 Å². The topological polar surface area (TPSA) is 20.2 Å². The molecule has 0 saturated heterocycles. The molecule has 0 spiro atoms. The first-order valence-electron chi connectivity index (χ1n) is 7.78. The minimum Gasteiger partial charge on any atom is -0.389 e. The molecule has 1 aromatic carbocycles. The van der Waals surface area contributed by atoms with Gasteiger partial charge < -0.3 is 5.11 Å². The molecule has 0 heterocycles. The molecule has 4 rings (SSSR count). The van der Waals surface area contributed by atoms with Crippen molar-refractivity contribution >= 4 is 6.08 Å². The van der Waals surface area contributed by atoms with Crippen molar-refractivity contribution in [2.75, 3.05) is 0 Å². The highest BCUT2D eigenvalue weighted by Crippen LogP contribution is 2.54. The summed E-state index contributed by atoms with van der Waals surface area (Å²) in [4.78, 5) is 0. The molecule has 0 radical (unpaired) electrons. The van der Waals surface area contributed by atoms with Crippen molar-refractivity contribution in [3.63, 3.8) is 0 Å². The Hall–Kier alpha value is -1.08. The van der Waals surface area contributed by atoms with Crippen LogP contribution in [0.3, 0.4) is 0 Å². The second kappa shape index (κ2) is 4.21. The van der Waals surface area contributed by atoms with Crippen LogP contribution >= 0.6 is 0 Å². The van der Waals surface area contributed by atoms with Crippen LogP contribution in [0.5, 0.6) is 0 Å². The third-order valence-electron chi connectivity index (χ3n) is 5.80. The van der Waals surface area contributed by atoms with Crippen LogP contribution in [0.4, 0.5) is 0 Å². The number of rotatable bonds is 0. The van der Waals surface area contributed by atoms with E-state index in [4.69, 9.17) is 0 Å². The highest BCUT2D eigenvalue weighted by molar-refractivity contribution is 5.59. The summed E-state index contributed by atoms with van der Waals surface area (Å²) in [7, 11) is 0. The lowest BCUT2D eigenvalue weighted by Gasteiger charge is -2.52. The predicted octanol–water partition coefficient (Wildman–Crippen LogP) is 4.13. The van der Waals surface area contributed by atoms with Gasteiger partial charge in [0.25, 0.3) is 0 Å². The molecule has 1 aromatic rings. The molecule has 0 aliphatic heterocycles. The van der Waals surface area contributed by atoms with Gasteiger partial charge in [-0.15, -0.1) is 0 Å². The summed E-state index contributed by atoms with van der Waals surface area (Å²) in [6, 6.07) is 8.73. The van der Waals surface area contributed by atoms with Gasteiger partial charge in [-0.3, -0.25) is 0 Å². The molecule has 4 atom stereocenters. The Morgan fingerprint density at radius 3 is 2.89 bits per heavy atom. The van der Waals surface area contributed by atoms with Gasteiger partial charge >= 0.3 is 0 Å². The monoisotopic (exact) mass is 254 g/mol. The normalized spacial score (nSPS) is 40.2. The molecule has 1 heteroatoms. The van der Waals surface area contributed by atoms with Gasteiger partial charge in [0.15, 0.2) is 0 Å². The van der Waals surface area contributed by atoms with Crippen molar-refractivity contribution in [1.82, 2.24) is 0 Å². The Labute approximate surface area is 115 Å². The van der Waals surface area contributed by atoms with Gasteiger partial charge in [-0.1, -0.05) is 49.3 Å². The molecule has 1 nitrogen and oxygen atoms in total. The zero-order valence-corrected chi connectivity index (χ0v) is 11.4. The Balaban J connectivity index is 1.77. The molecular weight excluding hydrogens is 232 g/mol. The van der Waals surface area contributed by atoms with E-state index >= 15 is 0 Å². The smallest absolute Gasteiger partial charge is 0.0744 e. The van der Waals surface area contributed by atoms with Crippen LogP contribution in [0, 0.1) is 11.8 Å². The van der Waals surface area contributed by atoms with E-state index in [0.29, 0.717) is 17.8 Å². The van der Waals surface area contributed by atoms with E-state index < -0.39 is 5.60 Å². The highest BCUT2D eigenvalue weighted by Gasteiger charge is 2.51. The maximum atomic E-state index is 11.3. The van der Waals surface area contributed by atoms with Crippen LogP contribution in [0.25, 0.3) is 6.08 Å². The number of aliphatic hydroxyl groups is 1. The summed E-state index contributed by atoms with van der Waals surface area (Å²) in [5, 5.41) is 11.3. The molecule has 19 heavy (non-hydrogen) atoms. The predicted molar refractivity (Wildman–Crippen MR) is 77.8 cm³/mol. The first-order chi connectivity index (χ1) is 9.29. The van der Waals surface area contributed by atoms with Crippen molar-refractivity contribution in [3.8, 4) is 0 Å². The van der Waals surface area contributed by atoms with Crippen LogP contribution in [0.15, 0.2) is 30.3 Å². The first kappa shape index (κ1) is 11.7. The van der Waals surface area contributed by atoms with E-state index in [9.17, 15) is 5.11 Å². The van der Waals surface area contributed by atoms with Crippen molar-refractivity contribution in [3.05, 3.63) is 41.5 Å². The lowest BCUT2D eigenvalue weighted by molar-refractivity contribution is -0.110. The van der Waals surface area contributed by atoms with Gasteiger partial charge in [0.05, 0.1) is 5.60 Å². The van der Waals surface area contributed by atoms with Gasteiger partial charge in [-0.2, -0.15) is 0 Å². The van der Waals surface area contributed by atoms with E-state index in [1.165, 1.54) is 43.2 Å². The minimum absolute atomic E-state index is 0.349. The molecule has 0 amide bonds. The average molecular weight is 254 g/mol. The van der Waals surface area contributed by atoms with Crippen LogP contribution < -0.4 is 0 Å². The number of hydrogen-bond donors (Lipinski definition) is 1. The highest BCUT2D eigenvalue weighted by atomic mass is 16.3. The number of fused-ring (bicyclic) bond motifs is 5. The maximum Gasteiger partial charge on any atom is 0.0744 e. The lowest BCUT2D eigenvalue weighted by atomic mass is 9.56. The average Bonchev–Trinajstić information content (AvgIpc) is 2.46. The number of benzene rings is 1. The van der Waals surface area contributed by atoms with E-state index in [-0.39, 0.29) is 0 Å². The molecule has 0 bridgehead atoms. The summed E-state index contributed by atoms with van der Waals surface area (Å²) < 4.78 is 0. The van der Waals surface area contributed by atoms with Gasteiger partial charge in [-0.25, -0.2) is 0 Å². The third kappa shape index (κ3) is 1.64. The first-order valence-corrected chi connectivity index (χ1v) is 7.78. The van der Waals surface area contributed by atoms with Gasteiger partial charge in [0.1, 0.15) is 0 Å². The summed E-state index contributed by atoms with van der Waals surface area (Å²) in [6.07, 6.45) is 11.8. The molecular formula is C18H22O. The van der Waals surface area contributed by atoms with E-state index in [2.05, 4.69) is 36.4 Å². The summed E-state index contributed by atoms with van der Waals surface area (Å²) in [5.74, 6) is 1.43. The van der Waals surface area contributed by atoms with E-state index in [1.807, 2.05) is 0 Å². The van der Waals surface area contributed by atoms with Crippen LogP contribution in [-0.2, 0) is 0 Å². The summed E-state index contributed by atoms with van der Waals surface area (Å²) >= 11 is 0. The standard InChI is InChI=1S/C18H22O/c19-18-12-4-3-6-14(18)9-10-16-15-7-2-1-5-13(15)8-11-17(16)18/h1-2,5,7-8,11,14,16-17,19H,3-4,6,9-10,12H2/t14-,16-,17+,18+/m0/s1. The molecule has 0 aromatic heterocycles. The fraction of sp³-hybridized carbons (Fsp3) is 0.556. The zero-order valence-electron chi connectivity index (χ0n) is 11.4.